The van der Waals surface area contributed by atoms with Gasteiger partial charge in [-0.25, -0.2) is 0 Å². The van der Waals surface area contributed by atoms with Gasteiger partial charge in [0.05, 0.1) is 33.1 Å². The number of nitrogens with zero attached hydrogens (tertiary/aromatic N) is 5. The molecule has 0 fully saturated rings. The van der Waals surface area contributed by atoms with E-state index >= 15 is 0 Å². The molecule has 0 bridgehead atoms. The van der Waals surface area contributed by atoms with Crippen LogP contribution in [0.1, 0.15) is 0 Å². The molecule has 5 nitrogen and oxygen atoms in total. The molecule has 0 saturated heterocycles. The van der Waals surface area contributed by atoms with Gasteiger partial charge in [-0.1, -0.05) is 176 Å². The highest BCUT2D eigenvalue weighted by atomic mass is 15.1. The first-order valence-electron chi connectivity index (χ1n) is 25.8. The Balaban J connectivity index is 0.936. The Morgan fingerprint density at radius 2 is 0.467 bits per heavy atom. The lowest BCUT2D eigenvalue weighted by Crippen LogP contribution is -2.02. The minimum absolute atomic E-state index is 1.09. The third kappa shape index (κ3) is 6.13. The number of aromatic nitrogens is 5. The van der Waals surface area contributed by atoms with Crippen LogP contribution in [0.5, 0.6) is 0 Å². The lowest BCUT2D eigenvalue weighted by Gasteiger charge is -2.15. The van der Waals surface area contributed by atoms with Gasteiger partial charge in [0.1, 0.15) is 11.3 Å². The maximum Gasteiger partial charge on any atom is 0.131 e. The van der Waals surface area contributed by atoms with E-state index in [2.05, 4.69) is 296 Å². The lowest BCUT2D eigenvalue weighted by atomic mass is 10.0. The van der Waals surface area contributed by atoms with Crippen LogP contribution in [-0.2, 0) is 0 Å². The van der Waals surface area contributed by atoms with E-state index in [1.54, 1.807) is 0 Å². The molecular weight excluding hydrogens is 911 g/mol. The van der Waals surface area contributed by atoms with Gasteiger partial charge in [0.15, 0.2) is 0 Å². The van der Waals surface area contributed by atoms with E-state index in [1.165, 1.54) is 65.2 Å². The predicted molar refractivity (Wildman–Crippen MR) is 314 cm³/mol. The highest BCUT2D eigenvalue weighted by molar-refractivity contribution is 6.24. The summed E-state index contributed by atoms with van der Waals surface area (Å²) in [6.07, 6.45) is 0. The Hall–Kier alpha value is -10.1. The molecule has 0 atom stereocenters. The number of rotatable bonds is 7. The Kier molecular flexibility index (Phi) is 8.97. The Morgan fingerprint density at radius 1 is 0.173 bits per heavy atom. The third-order valence-electron chi connectivity index (χ3n) is 15.6. The molecule has 0 aliphatic heterocycles. The van der Waals surface area contributed by atoms with E-state index in [0.717, 1.165) is 73.0 Å². The van der Waals surface area contributed by atoms with Crippen molar-refractivity contribution in [3.05, 3.63) is 273 Å². The third-order valence-corrected chi connectivity index (χ3v) is 15.6. The average molecular weight is 956 g/mol. The highest BCUT2D eigenvalue weighted by Crippen LogP contribution is 2.45. The van der Waals surface area contributed by atoms with Crippen molar-refractivity contribution in [2.45, 2.75) is 0 Å². The van der Waals surface area contributed by atoms with Gasteiger partial charge in [0, 0.05) is 71.5 Å². The Bertz CT molecular complexity index is 4870. The van der Waals surface area contributed by atoms with Crippen LogP contribution in [0, 0.1) is 0 Å². The van der Waals surface area contributed by atoms with Crippen molar-refractivity contribution in [2.75, 3.05) is 0 Å². The van der Waals surface area contributed by atoms with Gasteiger partial charge in [0.25, 0.3) is 0 Å². The molecule has 0 spiro atoms. The molecule has 5 heterocycles. The van der Waals surface area contributed by atoms with Crippen molar-refractivity contribution < 1.29 is 0 Å². The molecule has 0 aliphatic rings. The van der Waals surface area contributed by atoms with Gasteiger partial charge in [-0.05, 0) is 119 Å². The maximum absolute atomic E-state index is 2.51. The van der Waals surface area contributed by atoms with Crippen molar-refractivity contribution >= 4 is 87.5 Å². The fourth-order valence-electron chi connectivity index (χ4n) is 12.5. The van der Waals surface area contributed by atoms with E-state index in [1.807, 2.05) is 0 Å². The standard InChI is InChI=1S/C70H45N5/c1-4-22-50(23-5-1)72-63-36-16-12-32-57(63)67-59-40-38-48(44-65(59)74(69(67)72)52-26-8-3-9-27-52)49-39-41-60-66(45-49)75(70-68(60)58-33-13-17-37-64(58)73(70)51-24-6-2-7-25-51)54-29-19-21-47(43-54)46-20-18-28-53(42-46)71-61-34-14-10-30-55(61)56-31-11-15-35-62(56)71/h1-45H. The molecule has 0 aliphatic carbocycles. The van der Waals surface area contributed by atoms with Gasteiger partial charge < -0.3 is 4.57 Å². The Morgan fingerprint density at radius 3 is 0.893 bits per heavy atom. The molecule has 75 heavy (non-hydrogen) atoms. The fraction of sp³-hybridized carbons (Fsp3) is 0. The largest absolute Gasteiger partial charge is 0.309 e. The van der Waals surface area contributed by atoms with E-state index in [4.69, 9.17) is 0 Å². The molecule has 0 saturated carbocycles. The van der Waals surface area contributed by atoms with E-state index in [-0.39, 0.29) is 0 Å². The van der Waals surface area contributed by atoms with Gasteiger partial charge in [0.2, 0.25) is 0 Å². The SMILES string of the molecule is c1ccc(-n2c3ccccc3c3c4ccc(-c5ccc6c7c8ccccc8n(-c8ccccc8)c7n(-c7cccc(-c8cccc(-n9c%10ccccc%10c%10ccccc%109)c8)c7)c6c5)cc4n(-c4ccccc4)c32)cc1. The van der Waals surface area contributed by atoms with Crippen molar-refractivity contribution in [1.82, 2.24) is 22.8 Å². The second-order valence-corrected chi connectivity index (χ2v) is 19.7. The van der Waals surface area contributed by atoms with Crippen LogP contribution in [0.3, 0.4) is 0 Å². The van der Waals surface area contributed by atoms with Gasteiger partial charge >= 0.3 is 0 Å². The van der Waals surface area contributed by atoms with Gasteiger partial charge in [-0.2, -0.15) is 0 Å². The second-order valence-electron chi connectivity index (χ2n) is 19.7. The quantitative estimate of drug-likeness (QED) is 0.152. The summed E-state index contributed by atoms with van der Waals surface area (Å²) < 4.78 is 12.3. The summed E-state index contributed by atoms with van der Waals surface area (Å²) in [6.45, 7) is 0. The number of benzene rings is 11. The van der Waals surface area contributed by atoms with Crippen LogP contribution in [0.4, 0.5) is 0 Å². The van der Waals surface area contributed by atoms with E-state index in [0.29, 0.717) is 0 Å². The first-order valence-corrected chi connectivity index (χ1v) is 25.8. The van der Waals surface area contributed by atoms with Crippen LogP contribution >= 0.6 is 0 Å². The molecule has 16 rings (SSSR count). The number of hydrogen-bond donors (Lipinski definition) is 0. The maximum atomic E-state index is 2.51. The molecule has 0 amide bonds. The van der Waals surface area contributed by atoms with Crippen molar-refractivity contribution in [3.8, 4) is 50.7 Å². The topological polar surface area (TPSA) is 24.6 Å². The van der Waals surface area contributed by atoms with Crippen LogP contribution < -0.4 is 0 Å². The predicted octanol–water partition coefficient (Wildman–Crippen LogP) is 18.2. The summed E-state index contributed by atoms with van der Waals surface area (Å²) in [5.74, 6) is 0. The average Bonchev–Trinajstić information content (AvgIpc) is 4.27. The fourth-order valence-corrected chi connectivity index (χ4v) is 12.5. The summed E-state index contributed by atoms with van der Waals surface area (Å²) in [5, 5.41) is 9.89. The summed E-state index contributed by atoms with van der Waals surface area (Å²) in [4.78, 5) is 0. The normalized spacial score (nSPS) is 12.0. The first-order chi connectivity index (χ1) is 37.2. The van der Waals surface area contributed by atoms with Crippen LogP contribution in [-0.4, -0.2) is 22.8 Å². The zero-order valence-corrected chi connectivity index (χ0v) is 40.7. The summed E-state index contributed by atoms with van der Waals surface area (Å²) >= 11 is 0. The number of hydrogen-bond acceptors (Lipinski definition) is 0. The van der Waals surface area contributed by atoms with Gasteiger partial charge in [-0.3, -0.25) is 18.3 Å². The van der Waals surface area contributed by atoms with Crippen molar-refractivity contribution in [2.24, 2.45) is 0 Å². The molecule has 11 aromatic carbocycles. The van der Waals surface area contributed by atoms with E-state index in [9.17, 15) is 0 Å². The molecule has 0 N–H and O–H groups in total. The molecule has 5 aromatic heterocycles. The molecule has 16 aromatic rings. The second kappa shape index (κ2) is 16.2. The number of para-hydroxylation sites is 7. The van der Waals surface area contributed by atoms with Crippen molar-refractivity contribution in [3.63, 3.8) is 0 Å². The molecule has 350 valence electrons. The molecule has 0 radical (unpaired) electrons. The smallest absolute Gasteiger partial charge is 0.131 e. The van der Waals surface area contributed by atoms with Crippen LogP contribution in [0.25, 0.3) is 138 Å². The Labute approximate surface area is 431 Å². The van der Waals surface area contributed by atoms with Crippen molar-refractivity contribution in [1.29, 1.82) is 0 Å². The molecular formula is C70H45N5. The highest BCUT2D eigenvalue weighted by Gasteiger charge is 2.25. The first kappa shape index (κ1) is 41.5. The lowest BCUT2D eigenvalue weighted by molar-refractivity contribution is 1.07. The minimum Gasteiger partial charge on any atom is -0.309 e. The van der Waals surface area contributed by atoms with Crippen LogP contribution in [0.2, 0.25) is 0 Å². The van der Waals surface area contributed by atoms with Gasteiger partial charge in [-0.15, -0.1) is 0 Å². The van der Waals surface area contributed by atoms with E-state index < -0.39 is 0 Å². The zero-order chi connectivity index (χ0) is 49.1. The summed E-state index contributed by atoms with van der Waals surface area (Å²) in [7, 11) is 0. The summed E-state index contributed by atoms with van der Waals surface area (Å²) in [5.41, 5.74) is 19.6. The number of fused-ring (bicyclic) bond motifs is 13. The monoisotopic (exact) mass is 955 g/mol. The molecule has 0 unspecified atom stereocenters. The zero-order valence-electron chi connectivity index (χ0n) is 40.7. The summed E-state index contributed by atoms with van der Waals surface area (Å²) in [6, 6.07) is 99.9. The molecule has 5 heteroatoms. The minimum atomic E-state index is 1.09. The van der Waals surface area contributed by atoms with Crippen LogP contribution in [0.15, 0.2) is 273 Å².